The maximum atomic E-state index is 5.37. The quantitative estimate of drug-likeness (QED) is 0.512. The molecule has 0 amide bonds. The second-order valence-electron chi connectivity index (χ2n) is 4.65. The minimum atomic E-state index is 0.764. The van der Waals surface area contributed by atoms with Gasteiger partial charge in [0.2, 0.25) is 0 Å². The van der Waals surface area contributed by atoms with Crippen LogP contribution in [-0.4, -0.2) is 15.2 Å². The minimum Gasteiger partial charge on any atom is -0.462 e. The lowest BCUT2D eigenvalue weighted by molar-refractivity contribution is 0.581. The van der Waals surface area contributed by atoms with Gasteiger partial charge in [-0.1, -0.05) is 36.0 Å². The number of hydrogen-bond donors (Lipinski definition) is 0. The maximum Gasteiger partial charge on any atom is 0.162 e. The SMILES string of the molecule is c1coc(-c2nc(CSc3nncc4ccccc34)cs2)c1. The molecule has 0 N–H and O–H groups in total. The zero-order chi connectivity index (χ0) is 14.8. The van der Waals surface area contributed by atoms with E-state index in [4.69, 9.17) is 4.42 Å². The van der Waals surface area contributed by atoms with Crippen LogP contribution >= 0.6 is 23.1 Å². The maximum absolute atomic E-state index is 5.37. The molecule has 0 spiro atoms. The van der Waals surface area contributed by atoms with Gasteiger partial charge < -0.3 is 4.42 Å². The van der Waals surface area contributed by atoms with Gasteiger partial charge in [-0.25, -0.2) is 4.98 Å². The van der Waals surface area contributed by atoms with E-state index < -0.39 is 0 Å². The van der Waals surface area contributed by atoms with E-state index in [1.54, 1.807) is 35.6 Å². The lowest BCUT2D eigenvalue weighted by Gasteiger charge is -2.02. The van der Waals surface area contributed by atoms with Crippen LogP contribution < -0.4 is 0 Å². The first-order valence-electron chi connectivity index (χ1n) is 6.72. The van der Waals surface area contributed by atoms with E-state index >= 15 is 0 Å². The number of hydrogen-bond acceptors (Lipinski definition) is 6. The summed E-state index contributed by atoms with van der Waals surface area (Å²) in [6.45, 7) is 0. The van der Waals surface area contributed by atoms with Gasteiger partial charge in [0.15, 0.2) is 10.8 Å². The number of benzene rings is 1. The first kappa shape index (κ1) is 13.5. The topological polar surface area (TPSA) is 51.8 Å². The van der Waals surface area contributed by atoms with Crippen LogP contribution in [0.1, 0.15) is 5.69 Å². The van der Waals surface area contributed by atoms with Gasteiger partial charge in [0.05, 0.1) is 18.2 Å². The van der Waals surface area contributed by atoms with Crippen LogP contribution in [0.3, 0.4) is 0 Å². The molecule has 0 unspecified atom stereocenters. The Morgan fingerprint density at radius 3 is 3.00 bits per heavy atom. The zero-order valence-electron chi connectivity index (χ0n) is 11.5. The van der Waals surface area contributed by atoms with Crippen molar-refractivity contribution in [3.63, 3.8) is 0 Å². The van der Waals surface area contributed by atoms with Gasteiger partial charge in [-0.2, -0.15) is 5.10 Å². The van der Waals surface area contributed by atoms with Crippen molar-refractivity contribution in [3.05, 3.63) is 59.9 Å². The van der Waals surface area contributed by atoms with Gasteiger partial charge >= 0.3 is 0 Å². The highest BCUT2D eigenvalue weighted by molar-refractivity contribution is 7.98. The van der Waals surface area contributed by atoms with E-state index in [2.05, 4.69) is 26.6 Å². The van der Waals surface area contributed by atoms with Crippen LogP contribution in [0.15, 0.2) is 63.7 Å². The van der Waals surface area contributed by atoms with Crippen molar-refractivity contribution in [3.8, 4) is 10.8 Å². The van der Waals surface area contributed by atoms with Crippen LogP contribution in [-0.2, 0) is 5.75 Å². The van der Waals surface area contributed by atoms with Gasteiger partial charge in [0.1, 0.15) is 5.03 Å². The molecule has 108 valence electrons. The Morgan fingerprint density at radius 2 is 2.09 bits per heavy atom. The molecule has 0 aliphatic rings. The number of aromatic nitrogens is 3. The summed E-state index contributed by atoms with van der Waals surface area (Å²) in [5.41, 5.74) is 1.02. The van der Waals surface area contributed by atoms with Crippen LogP contribution in [0.25, 0.3) is 21.5 Å². The highest BCUT2D eigenvalue weighted by Crippen LogP contribution is 2.30. The highest BCUT2D eigenvalue weighted by atomic mass is 32.2. The molecular weight excluding hydrogens is 314 g/mol. The summed E-state index contributed by atoms with van der Waals surface area (Å²) in [7, 11) is 0. The summed E-state index contributed by atoms with van der Waals surface area (Å²) in [5.74, 6) is 1.58. The fourth-order valence-corrected chi connectivity index (χ4v) is 3.91. The minimum absolute atomic E-state index is 0.764. The van der Waals surface area contributed by atoms with E-state index in [9.17, 15) is 0 Å². The van der Waals surface area contributed by atoms with Crippen molar-refractivity contribution in [2.75, 3.05) is 0 Å². The molecule has 1 aromatic carbocycles. The number of fused-ring (bicyclic) bond motifs is 1. The molecule has 3 heterocycles. The van der Waals surface area contributed by atoms with E-state index in [0.717, 1.165) is 38.0 Å². The summed E-state index contributed by atoms with van der Waals surface area (Å²) in [6, 6.07) is 11.9. The van der Waals surface area contributed by atoms with Gasteiger partial charge in [0, 0.05) is 21.9 Å². The second kappa shape index (κ2) is 5.90. The molecule has 0 bridgehead atoms. The van der Waals surface area contributed by atoms with Crippen molar-refractivity contribution < 1.29 is 4.42 Å². The second-order valence-corrected chi connectivity index (χ2v) is 6.47. The van der Waals surface area contributed by atoms with Gasteiger partial charge in [-0.3, -0.25) is 0 Å². The predicted molar refractivity (Wildman–Crippen MR) is 88.9 cm³/mol. The van der Waals surface area contributed by atoms with Gasteiger partial charge in [-0.05, 0) is 12.1 Å². The summed E-state index contributed by atoms with van der Waals surface area (Å²) < 4.78 is 5.37. The smallest absolute Gasteiger partial charge is 0.162 e. The van der Waals surface area contributed by atoms with Crippen molar-refractivity contribution in [2.24, 2.45) is 0 Å². The zero-order valence-corrected chi connectivity index (χ0v) is 13.1. The first-order valence-corrected chi connectivity index (χ1v) is 8.58. The number of rotatable bonds is 4. The number of nitrogens with zero attached hydrogens (tertiary/aromatic N) is 3. The predicted octanol–water partition coefficient (Wildman–Crippen LogP) is 4.64. The average molecular weight is 325 g/mol. The van der Waals surface area contributed by atoms with E-state index in [1.165, 1.54) is 0 Å². The Bertz CT molecular complexity index is 897. The van der Waals surface area contributed by atoms with E-state index in [-0.39, 0.29) is 0 Å². The molecule has 0 radical (unpaired) electrons. The molecule has 0 saturated carbocycles. The van der Waals surface area contributed by atoms with Gasteiger partial charge in [0.25, 0.3) is 0 Å². The average Bonchev–Trinajstić information content (AvgIpc) is 3.24. The fraction of sp³-hybridized carbons (Fsp3) is 0.0625. The summed E-state index contributed by atoms with van der Waals surface area (Å²) >= 11 is 3.25. The lowest BCUT2D eigenvalue weighted by atomic mass is 10.2. The molecule has 22 heavy (non-hydrogen) atoms. The van der Waals surface area contributed by atoms with Crippen LogP contribution in [0, 0.1) is 0 Å². The summed E-state index contributed by atoms with van der Waals surface area (Å²) in [5, 5.41) is 14.5. The van der Waals surface area contributed by atoms with Crippen molar-refractivity contribution >= 4 is 33.9 Å². The molecule has 0 atom stereocenters. The largest absolute Gasteiger partial charge is 0.462 e. The molecule has 0 saturated heterocycles. The van der Waals surface area contributed by atoms with E-state index in [0.29, 0.717) is 0 Å². The normalized spacial score (nSPS) is 11.1. The summed E-state index contributed by atoms with van der Waals surface area (Å²) in [4.78, 5) is 4.60. The molecule has 3 aromatic heterocycles. The number of thioether (sulfide) groups is 1. The molecule has 4 aromatic rings. The van der Waals surface area contributed by atoms with Crippen LogP contribution in [0.4, 0.5) is 0 Å². The van der Waals surface area contributed by atoms with Crippen molar-refractivity contribution in [2.45, 2.75) is 10.8 Å². The molecule has 0 fully saturated rings. The molecule has 6 heteroatoms. The van der Waals surface area contributed by atoms with Gasteiger partial charge in [-0.15, -0.1) is 16.4 Å². The highest BCUT2D eigenvalue weighted by Gasteiger charge is 2.09. The lowest BCUT2D eigenvalue weighted by Crippen LogP contribution is -1.88. The number of thiazole rings is 1. The monoisotopic (exact) mass is 325 g/mol. The Hall–Kier alpha value is -2.18. The molecule has 0 aliphatic heterocycles. The third-order valence-corrected chi connectivity index (χ3v) is 5.10. The Balaban J connectivity index is 1.55. The Labute approximate surface area is 135 Å². The fourth-order valence-electron chi connectivity index (χ4n) is 2.14. The molecule has 0 aliphatic carbocycles. The summed E-state index contributed by atoms with van der Waals surface area (Å²) in [6.07, 6.45) is 3.45. The molecular formula is C16H11N3OS2. The third kappa shape index (κ3) is 2.63. The molecule has 4 nitrogen and oxygen atoms in total. The van der Waals surface area contributed by atoms with Crippen molar-refractivity contribution in [1.29, 1.82) is 0 Å². The van der Waals surface area contributed by atoms with E-state index in [1.807, 2.05) is 30.3 Å². The van der Waals surface area contributed by atoms with Crippen molar-refractivity contribution in [1.82, 2.24) is 15.2 Å². The van der Waals surface area contributed by atoms with Crippen LogP contribution in [0.2, 0.25) is 0 Å². The first-order chi connectivity index (χ1) is 10.9. The standard InChI is InChI=1S/C16H11N3OS2/c1-2-5-13-11(4-1)8-17-19-15(13)21-9-12-10-22-16(18-12)14-6-3-7-20-14/h1-8,10H,9H2. The molecule has 4 rings (SSSR count). The third-order valence-electron chi connectivity index (χ3n) is 3.18. The number of furan rings is 1. The van der Waals surface area contributed by atoms with Crippen LogP contribution in [0.5, 0.6) is 0 Å². The Morgan fingerprint density at radius 1 is 1.14 bits per heavy atom. The Kier molecular flexibility index (Phi) is 3.62.